The van der Waals surface area contributed by atoms with Crippen LogP contribution in [0.3, 0.4) is 0 Å². The van der Waals surface area contributed by atoms with E-state index in [1.165, 1.54) is 31.4 Å². The third-order valence-electron chi connectivity index (χ3n) is 4.71. The zero-order valence-corrected chi connectivity index (χ0v) is 13.2. The molecule has 1 aromatic rings. The average Bonchev–Trinajstić information content (AvgIpc) is 2.48. The monoisotopic (exact) mass is 275 g/mol. The van der Waals surface area contributed by atoms with Gasteiger partial charge in [0.25, 0.3) is 0 Å². The molecule has 1 aromatic heterocycles. The molecule has 0 amide bonds. The summed E-state index contributed by atoms with van der Waals surface area (Å²) in [5.74, 6) is 1.66. The number of hydrogen-bond acceptors (Lipinski definition) is 3. The van der Waals surface area contributed by atoms with Crippen molar-refractivity contribution in [2.24, 2.45) is 11.8 Å². The molecule has 0 radical (unpaired) electrons. The van der Waals surface area contributed by atoms with Gasteiger partial charge in [-0.25, -0.2) is 0 Å². The van der Waals surface area contributed by atoms with Gasteiger partial charge in [-0.05, 0) is 62.4 Å². The smallest absolute Gasteiger partial charge is 0.0271 e. The van der Waals surface area contributed by atoms with Gasteiger partial charge in [0.15, 0.2) is 0 Å². The van der Waals surface area contributed by atoms with Crippen LogP contribution < -0.4 is 5.32 Å². The second-order valence-corrected chi connectivity index (χ2v) is 6.26. The van der Waals surface area contributed by atoms with Gasteiger partial charge < -0.3 is 5.32 Å². The molecule has 1 aliphatic rings. The fourth-order valence-corrected chi connectivity index (χ4v) is 3.46. The minimum atomic E-state index is 0.692. The molecule has 3 heteroatoms. The molecule has 112 valence electrons. The number of hydrogen-bond donors (Lipinski definition) is 1. The highest BCUT2D eigenvalue weighted by molar-refractivity contribution is 5.09. The van der Waals surface area contributed by atoms with E-state index in [9.17, 15) is 0 Å². The number of aromatic nitrogens is 1. The molecule has 0 saturated heterocycles. The Labute approximate surface area is 123 Å². The van der Waals surface area contributed by atoms with Gasteiger partial charge in [0, 0.05) is 31.5 Å². The van der Waals surface area contributed by atoms with Crippen LogP contribution in [-0.2, 0) is 6.54 Å². The highest BCUT2D eigenvalue weighted by Gasteiger charge is 2.28. The Bertz CT molecular complexity index is 379. The SMILES string of the molecule is CCN(Cc1ccncc1)CC1CC(C)CCC1NC. The van der Waals surface area contributed by atoms with E-state index in [-0.39, 0.29) is 0 Å². The van der Waals surface area contributed by atoms with Crippen molar-refractivity contribution < 1.29 is 0 Å². The molecule has 3 atom stereocenters. The first-order valence-corrected chi connectivity index (χ1v) is 8.01. The van der Waals surface area contributed by atoms with Crippen LogP contribution in [0.25, 0.3) is 0 Å². The second kappa shape index (κ2) is 7.75. The summed E-state index contributed by atoms with van der Waals surface area (Å²) in [5.41, 5.74) is 1.37. The molecular formula is C17H29N3. The molecule has 0 aromatic carbocycles. The van der Waals surface area contributed by atoms with E-state index in [1.807, 2.05) is 12.4 Å². The lowest BCUT2D eigenvalue weighted by molar-refractivity contribution is 0.148. The van der Waals surface area contributed by atoms with Gasteiger partial charge >= 0.3 is 0 Å². The molecule has 1 heterocycles. The van der Waals surface area contributed by atoms with Crippen LogP contribution in [0, 0.1) is 11.8 Å². The van der Waals surface area contributed by atoms with E-state index >= 15 is 0 Å². The summed E-state index contributed by atoms with van der Waals surface area (Å²) in [7, 11) is 2.12. The Hall–Kier alpha value is -0.930. The molecule has 1 N–H and O–H groups in total. The van der Waals surface area contributed by atoms with Crippen LogP contribution >= 0.6 is 0 Å². The lowest BCUT2D eigenvalue weighted by Gasteiger charge is -2.37. The van der Waals surface area contributed by atoms with Crippen molar-refractivity contribution in [1.82, 2.24) is 15.2 Å². The second-order valence-electron chi connectivity index (χ2n) is 6.26. The summed E-state index contributed by atoms with van der Waals surface area (Å²) in [4.78, 5) is 6.67. The maximum Gasteiger partial charge on any atom is 0.0271 e. The average molecular weight is 275 g/mol. The highest BCUT2D eigenvalue weighted by Crippen LogP contribution is 2.29. The fourth-order valence-electron chi connectivity index (χ4n) is 3.46. The largest absolute Gasteiger partial charge is 0.317 e. The van der Waals surface area contributed by atoms with Gasteiger partial charge in [-0.15, -0.1) is 0 Å². The first kappa shape index (κ1) is 15.5. The standard InChI is InChI=1S/C17H29N3/c1-4-20(12-15-7-9-19-10-8-15)13-16-11-14(2)5-6-17(16)18-3/h7-10,14,16-18H,4-6,11-13H2,1-3H3. The van der Waals surface area contributed by atoms with Gasteiger partial charge in [-0.3, -0.25) is 9.88 Å². The van der Waals surface area contributed by atoms with Crippen LogP contribution in [-0.4, -0.2) is 36.1 Å². The van der Waals surface area contributed by atoms with Gasteiger partial charge in [0.1, 0.15) is 0 Å². The lowest BCUT2D eigenvalue weighted by Crippen LogP contribution is -2.44. The van der Waals surface area contributed by atoms with E-state index < -0.39 is 0 Å². The van der Waals surface area contributed by atoms with Crippen molar-refractivity contribution in [3.05, 3.63) is 30.1 Å². The van der Waals surface area contributed by atoms with Crippen LogP contribution in [0.1, 0.15) is 38.7 Å². The van der Waals surface area contributed by atoms with E-state index in [1.54, 1.807) is 0 Å². The quantitative estimate of drug-likeness (QED) is 0.865. The molecule has 2 rings (SSSR count). The van der Waals surface area contributed by atoms with Crippen LogP contribution in [0.4, 0.5) is 0 Å². The molecule has 0 spiro atoms. The van der Waals surface area contributed by atoms with Crippen LogP contribution in [0.2, 0.25) is 0 Å². The number of nitrogens with zero attached hydrogens (tertiary/aromatic N) is 2. The molecule has 3 unspecified atom stereocenters. The normalized spacial score (nSPS) is 26.9. The van der Waals surface area contributed by atoms with E-state index in [2.05, 4.69) is 48.2 Å². The Balaban J connectivity index is 1.94. The summed E-state index contributed by atoms with van der Waals surface area (Å²) >= 11 is 0. The minimum Gasteiger partial charge on any atom is -0.317 e. The Morgan fingerprint density at radius 3 is 2.70 bits per heavy atom. The van der Waals surface area contributed by atoms with Crippen molar-refractivity contribution in [1.29, 1.82) is 0 Å². The molecule has 1 fully saturated rings. The molecule has 1 saturated carbocycles. The maximum absolute atomic E-state index is 4.10. The third kappa shape index (κ3) is 4.29. The van der Waals surface area contributed by atoms with Crippen molar-refractivity contribution in [2.75, 3.05) is 20.1 Å². The summed E-state index contributed by atoms with van der Waals surface area (Å²) < 4.78 is 0. The Morgan fingerprint density at radius 2 is 2.05 bits per heavy atom. The molecule has 20 heavy (non-hydrogen) atoms. The fraction of sp³-hybridized carbons (Fsp3) is 0.706. The predicted molar refractivity (Wildman–Crippen MR) is 84.5 cm³/mol. The zero-order valence-electron chi connectivity index (χ0n) is 13.2. The Morgan fingerprint density at radius 1 is 1.30 bits per heavy atom. The van der Waals surface area contributed by atoms with Crippen LogP contribution in [0.5, 0.6) is 0 Å². The van der Waals surface area contributed by atoms with Crippen molar-refractivity contribution in [3.63, 3.8) is 0 Å². The number of pyridine rings is 1. The topological polar surface area (TPSA) is 28.2 Å². The van der Waals surface area contributed by atoms with Gasteiger partial charge in [-0.2, -0.15) is 0 Å². The van der Waals surface area contributed by atoms with Crippen molar-refractivity contribution in [3.8, 4) is 0 Å². The summed E-state index contributed by atoms with van der Waals surface area (Å²) in [6, 6.07) is 4.95. The summed E-state index contributed by atoms with van der Waals surface area (Å²) in [6.45, 7) is 8.03. The molecular weight excluding hydrogens is 246 g/mol. The zero-order chi connectivity index (χ0) is 14.4. The predicted octanol–water partition coefficient (Wildman–Crippen LogP) is 2.93. The first-order chi connectivity index (χ1) is 9.72. The maximum atomic E-state index is 4.10. The minimum absolute atomic E-state index is 0.692. The van der Waals surface area contributed by atoms with Gasteiger partial charge in [0.05, 0.1) is 0 Å². The van der Waals surface area contributed by atoms with Gasteiger partial charge in [0.2, 0.25) is 0 Å². The van der Waals surface area contributed by atoms with Gasteiger partial charge in [-0.1, -0.05) is 13.8 Å². The molecule has 0 bridgehead atoms. The molecule has 3 nitrogen and oxygen atoms in total. The third-order valence-corrected chi connectivity index (χ3v) is 4.71. The van der Waals surface area contributed by atoms with Crippen molar-refractivity contribution in [2.45, 2.75) is 45.7 Å². The van der Waals surface area contributed by atoms with Crippen molar-refractivity contribution >= 4 is 0 Å². The first-order valence-electron chi connectivity index (χ1n) is 8.01. The van der Waals surface area contributed by atoms with Crippen LogP contribution in [0.15, 0.2) is 24.5 Å². The summed E-state index contributed by atoms with van der Waals surface area (Å²) in [5, 5.41) is 3.53. The van der Waals surface area contributed by atoms with E-state index in [0.29, 0.717) is 6.04 Å². The molecule has 1 aliphatic carbocycles. The van der Waals surface area contributed by atoms with E-state index in [4.69, 9.17) is 0 Å². The summed E-state index contributed by atoms with van der Waals surface area (Å²) in [6.07, 6.45) is 7.84. The Kier molecular flexibility index (Phi) is 5.99. The molecule has 0 aliphatic heterocycles. The number of nitrogens with one attached hydrogen (secondary N) is 1. The van der Waals surface area contributed by atoms with E-state index in [0.717, 1.165) is 24.9 Å². The number of rotatable bonds is 6. The highest BCUT2D eigenvalue weighted by atomic mass is 15.1. The lowest BCUT2D eigenvalue weighted by atomic mass is 9.78.